The molecule has 0 atom stereocenters. The first-order chi connectivity index (χ1) is 9.11. The molecule has 0 saturated heterocycles. The fourth-order valence-corrected chi connectivity index (χ4v) is 1.65. The summed E-state index contributed by atoms with van der Waals surface area (Å²) in [6.07, 6.45) is 0. The molecule has 5 nitrogen and oxygen atoms in total. The van der Waals surface area contributed by atoms with Crippen molar-refractivity contribution in [2.24, 2.45) is 0 Å². The Morgan fingerprint density at radius 1 is 1.21 bits per heavy atom. The van der Waals surface area contributed by atoms with E-state index in [0.29, 0.717) is 5.02 Å². The highest BCUT2D eigenvalue weighted by atomic mass is 35.5. The maximum absolute atomic E-state index is 10.9. The minimum Gasteiger partial charge on any atom is -0.449 e. The molecule has 0 bridgehead atoms. The molecule has 0 N–H and O–H groups in total. The lowest BCUT2D eigenvalue weighted by atomic mass is 10.2. The van der Waals surface area contributed by atoms with E-state index in [0.717, 1.165) is 0 Å². The van der Waals surface area contributed by atoms with Crippen LogP contribution in [-0.2, 0) is 0 Å². The van der Waals surface area contributed by atoms with E-state index in [1.807, 2.05) is 6.07 Å². The van der Waals surface area contributed by atoms with Crippen molar-refractivity contribution in [3.05, 3.63) is 63.2 Å². The molecule has 2 rings (SSSR count). The van der Waals surface area contributed by atoms with E-state index >= 15 is 0 Å². The zero-order valence-corrected chi connectivity index (χ0v) is 10.3. The summed E-state index contributed by atoms with van der Waals surface area (Å²) in [6.45, 7) is 0. The molecular weight excluding hydrogens is 268 g/mol. The van der Waals surface area contributed by atoms with Crippen LogP contribution in [0.5, 0.6) is 11.5 Å². The minimum atomic E-state index is -0.569. The molecule has 0 aliphatic heterocycles. The first-order valence-electron chi connectivity index (χ1n) is 5.22. The lowest BCUT2D eigenvalue weighted by molar-refractivity contribution is -0.385. The van der Waals surface area contributed by atoms with Crippen LogP contribution in [0.1, 0.15) is 5.56 Å². The van der Waals surface area contributed by atoms with Crippen molar-refractivity contribution in [3.63, 3.8) is 0 Å². The van der Waals surface area contributed by atoms with Gasteiger partial charge in [-0.1, -0.05) is 23.7 Å². The molecule has 6 heteroatoms. The molecule has 2 aromatic rings. The fourth-order valence-electron chi connectivity index (χ4n) is 1.49. The first-order valence-corrected chi connectivity index (χ1v) is 5.60. The smallest absolute Gasteiger partial charge is 0.311 e. The lowest BCUT2D eigenvalue weighted by Crippen LogP contribution is -1.94. The molecule has 2 aromatic carbocycles. The maximum Gasteiger partial charge on any atom is 0.311 e. The molecule has 0 heterocycles. The van der Waals surface area contributed by atoms with Gasteiger partial charge in [0.05, 0.1) is 10.5 Å². The van der Waals surface area contributed by atoms with Gasteiger partial charge in [0.25, 0.3) is 0 Å². The van der Waals surface area contributed by atoms with Crippen molar-refractivity contribution in [1.29, 1.82) is 5.26 Å². The van der Waals surface area contributed by atoms with Crippen LogP contribution in [0.3, 0.4) is 0 Å². The molecule has 0 amide bonds. The van der Waals surface area contributed by atoms with Gasteiger partial charge in [-0.2, -0.15) is 5.26 Å². The topological polar surface area (TPSA) is 76.2 Å². The van der Waals surface area contributed by atoms with Crippen LogP contribution in [0.2, 0.25) is 5.02 Å². The molecule has 0 saturated carbocycles. The normalized spacial score (nSPS) is 9.68. The van der Waals surface area contributed by atoms with E-state index < -0.39 is 4.92 Å². The summed E-state index contributed by atoms with van der Waals surface area (Å²) < 4.78 is 5.43. The molecule has 0 unspecified atom stereocenters. The number of hydrogen-bond acceptors (Lipinski definition) is 4. The summed E-state index contributed by atoms with van der Waals surface area (Å²) in [5, 5.41) is 20.1. The van der Waals surface area contributed by atoms with Gasteiger partial charge < -0.3 is 4.74 Å². The molecular formula is C13H7ClN2O3. The van der Waals surface area contributed by atoms with Gasteiger partial charge in [-0.3, -0.25) is 10.1 Å². The van der Waals surface area contributed by atoms with Gasteiger partial charge in [0.15, 0.2) is 0 Å². The van der Waals surface area contributed by atoms with Crippen molar-refractivity contribution in [1.82, 2.24) is 0 Å². The zero-order valence-electron chi connectivity index (χ0n) is 9.54. The van der Waals surface area contributed by atoms with E-state index in [1.54, 1.807) is 24.3 Å². The summed E-state index contributed by atoms with van der Waals surface area (Å²) in [5.74, 6) is 0.246. The lowest BCUT2D eigenvalue weighted by Gasteiger charge is -2.07. The van der Waals surface area contributed by atoms with Gasteiger partial charge >= 0.3 is 5.69 Å². The van der Waals surface area contributed by atoms with Crippen LogP contribution < -0.4 is 4.74 Å². The zero-order chi connectivity index (χ0) is 13.8. The summed E-state index contributed by atoms with van der Waals surface area (Å²) in [5.41, 5.74) is 0.0777. The van der Waals surface area contributed by atoms with E-state index in [9.17, 15) is 10.1 Å². The first kappa shape index (κ1) is 12.9. The van der Waals surface area contributed by atoms with E-state index in [1.165, 1.54) is 18.2 Å². The Kier molecular flexibility index (Phi) is 3.64. The van der Waals surface area contributed by atoms with Crippen LogP contribution >= 0.6 is 11.6 Å². The van der Waals surface area contributed by atoms with E-state index in [2.05, 4.69) is 0 Å². The number of nitrogens with zero attached hydrogens (tertiary/aromatic N) is 2. The predicted molar refractivity (Wildman–Crippen MR) is 69.3 cm³/mol. The Hall–Kier alpha value is -2.58. The van der Waals surface area contributed by atoms with Crippen LogP contribution in [0.25, 0.3) is 0 Å². The van der Waals surface area contributed by atoms with E-state index in [4.69, 9.17) is 21.6 Å². The Labute approximate surface area is 113 Å². The second-order valence-electron chi connectivity index (χ2n) is 3.58. The third kappa shape index (κ3) is 2.81. The molecule has 0 aliphatic carbocycles. The number of nitro benzene ring substituents is 1. The Morgan fingerprint density at radius 3 is 2.63 bits per heavy atom. The second kappa shape index (κ2) is 5.38. The molecule has 0 aliphatic rings. The Balaban J connectivity index is 2.46. The standard InChI is InChI=1S/C13H7ClN2O3/c14-10-5-6-11(16(17)18)13(7-10)19-12-4-2-1-3-9(12)8-15/h1-7H. The number of ether oxygens (including phenoxy) is 1. The summed E-state index contributed by atoms with van der Waals surface area (Å²) in [7, 11) is 0. The van der Waals surface area contributed by atoms with Gasteiger partial charge in [-0.05, 0) is 18.2 Å². The van der Waals surface area contributed by atoms with Gasteiger partial charge in [-0.25, -0.2) is 0 Å². The highest BCUT2D eigenvalue weighted by Crippen LogP contribution is 2.34. The minimum absolute atomic E-state index is 0.000185. The molecule has 0 spiro atoms. The third-order valence-corrected chi connectivity index (χ3v) is 2.58. The Bertz CT molecular complexity index is 680. The second-order valence-corrected chi connectivity index (χ2v) is 4.02. The van der Waals surface area contributed by atoms with Gasteiger partial charge in [0.2, 0.25) is 5.75 Å². The third-order valence-electron chi connectivity index (χ3n) is 2.35. The van der Waals surface area contributed by atoms with E-state index in [-0.39, 0.29) is 22.7 Å². The van der Waals surface area contributed by atoms with Crippen molar-refractivity contribution in [2.45, 2.75) is 0 Å². The molecule has 94 valence electrons. The van der Waals surface area contributed by atoms with Gasteiger partial charge in [-0.15, -0.1) is 0 Å². The van der Waals surface area contributed by atoms with Crippen LogP contribution in [-0.4, -0.2) is 4.92 Å². The van der Waals surface area contributed by atoms with Crippen molar-refractivity contribution in [2.75, 3.05) is 0 Å². The average molecular weight is 275 g/mol. The van der Waals surface area contributed by atoms with Gasteiger partial charge in [0, 0.05) is 17.2 Å². The van der Waals surface area contributed by atoms with Crippen LogP contribution in [0, 0.1) is 21.4 Å². The Morgan fingerprint density at radius 2 is 1.95 bits per heavy atom. The van der Waals surface area contributed by atoms with Crippen molar-refractivity contribution in [3.8, 4) is 17.6 Å². The largest absolute Gasteiger partial charge is 0.449 e. The van der Waals surface area contributed by atoms with Gasteiger partial charge in [0.1, 0.15) is 11.8 Å². The number of para-hydroxylation sites is 1. The highest BCUT2D eigenvalue weighted by Gasteiger charge is 2.17. The summed E-state index contributed by atoms with van der Waals surface area (Å²) in [6, 6.07) is 12.4. The fraction of sp³-hybridized carbons (Fsp3) is 0. The molecule has 19 heavy (non-hydrogen) atoms. The SMILES string of the molecule is N#Cc1ccccc1Oc1cc(Cl)ccc1[N+](=O)[O-]. The van der Waals surface area contributed by atoms with Crippen LogP contribution in [0.15, 0.2) is 42.5 Å². The summed E-state index contributed by atoms with van der Waals surface area (Å²) >= 11 is 5.79. The predicted octanol–water partition coefficient (Wildman–Crippen LogP) is 3.91. The van der Waals surface area contributed by atoms with Crippen LogP contribution in [0.4, 0.5) is 5.69 Å². The molecule has 0 aromatic heterocycles. The van der Waals surface area contributed by atoms with Crippen molar-refractivity contribution < 1.29 is 9.66 Å². The number of halogens is 1. The molecule has 0 fully saturated rings. The maximum atomic E-state index is 10.9. The monoisotopic (exact) mass is 274 g/mol. The number of rotatable bonds is 3. The summed E-state index contributed by atoms with van der Waals surface area (Å²) in [4.78, 5) is 10.3. The van der Waals surface area contributed by atoms with Crippen molar-refractivity contribution >= 4 is 17.3 Å². The number of benzene rings is 2. The number of nitriles is 1. The number of nitro groups is 1. The highest BCUT2D eigenvalue weighted by molar-refractivity contribution is 6.30. The quantitative estimate of drug-likeness (QED) is 0.628. The average Bonchev–Trinajstić information content (AvgIpc) is 2.39. The number of hydrogen-bond donors (Lipinski definition) is 0. The molecule has 0 radical (unpaired) electrons.